The third-order valence-electron chi connectivity index (χ3n) is 5.98. The fraction of sp³-hybridized carbons (Fsp3) is 0.200. The van der Waals surface area contributed by atoms with E-state index < -0.39 is 16.6 Å². The van der Waals surface area contributed by atoms with Crippen molar-refractivity contribution in [3.05, 3.63) is 94.3 Å². The predicted molar refractivity (Wildman–Crippen MR) is 127 cm³/mol. The van der Waals surface area contributed by atoms with Crippen molar-refractivity contribution in [2.24, 2.45) is 0 Å². The number of fused-ring (bicyclic) bond motifs is 2. The summed E-state index contributed by atoms with van der Waals surface area (Å²) in [5, 5.41) is 0.468. The van der Waals surface area contributed by atoms with E-state index in [1.54, 1.807) is 36.3 Å². The van der Waals surface area contributed by atoms with Crippen molar-refractivity contribution in [1.29, 1.82) is 0 Å². The number of hydrogen-bond donors (Lipinski definition) is 0. The van der Waals surface area contributed by atoms with Crippen molar-refractivity contribution < 1.29 is 18.7 Å². The Hall–Kier alpha value is -3.03. The Kier molecular flexibility index (Phi) is 5.54. The molecule has 168 valence electrons. The summed E-state index contributed by atoms with van der Waals surface area (Å²) >= 11 is 7.71. The number of methoxy groups -OCH3 is 1. The molecule has 33 heavy (non-hydrogen) atoms. The van der Waals surface area contributed by atoms with E-state index in [4.69, 9.17) is 16.3 Å². The Bertz CT molecular complexity index is 1270. The van der Waals surface area contributed by atoms with Gasteiger partial charge < -0.3 is 14.5 Å². The number of ether oxygens (including phenoxy) is 1. The van der Waals surface area contributed by atoms with Gasteiger partial charge >= 0.3 is 0 Å². The van der Waals surface area contributed by atoms with Crippen LogP contribution in [0.5, 0.6) is 5.75 Å². The lowest BCUT2D eigenvalue weighted by Gasteiger charge is -2.33. The highest BCUT2D eigenvalue weighted by atomic mass is 35.5. The average Bonchev–Trinajstić information content (AvgIpc) is 3.36. The number of amides is 2. The van der Waals surface area contributed by atoms with Gasteiger partial charge in [-0.2, -0.15) is 0 Å². The molecule has 5 rings (SSSR count). The zero-order chi connectivity index (χ0) is 23.2. The molecule has 5 nitrogen and oxygen atoms in total. The minimum absolute atomic E-state index is 0.0537. The fourth-order valence-corrected chi connectivity index (χ4v) is 6.10. The Balaban J connectivity index is 1.60. The van der Waals surface area contributed by atoms with Gasteiger partial charge in [0.1, 0.15) is 11.6 Å². The number of carbonyl (C=O) groups excluding carboxylic acids is 2. The zero-order valence-corrected chi connectivity index (χ0v) is 19.3. The predicted octanol–water partition coefficient (Wildman–Crippen LogP) is 5.08. The first-order chi connectivity index (χ1) is 16.0. The maximum absolute atomic E-state index is 14.5. The van der Waals surface area contributed by atoms with Gasteiger partial charge in [0.05, 0.1) is 24.9 Å². The van der Waals surface area contributed by atoms with Crippen LogP contribution in [0.15, 0.2) is 66.7 Å². The summed E-state index contributed by atoms with van der Waals surface area (Å²) in [7, 11) is 1.59. The Morgan fingerprint density at radius 1 is 1.15 bits per heavy atom. The molecule has 1 spiro atoms. The number of anilines is 1. The molecule has 8 heteroatoms. The van der Waals surface area contributed by atoms with Gasteiger partial charge in [0.25, 0.3) is 11.8 Å². The molecule has 3 aromatic rings. The molecule has 2 aliphatic rings. The van der Waals surface area contributed by atoms with Crippen LogP contribution in [0.2, 0.25) is 5.02 Å². The van der Waals surface area contributed by atoms with Crippen LogP contribution in [0.1, 0.15) is 21.5 Å². The van der Waals surface area contributed by atoms with Gasteiger partial charge in [-0.15, -0.1) is 11.8 Å². The topological polar surface area (TPSA) is 49.9 Å². The van der Waals surface area contributed by atoms with Gasteiger partial charge in [-0.3, -0.25) is 9.59 Å². The molecule has 2 heterocycles. The fourth-order valence-electron chi connectivity index (χ4n) is 4.48. The molecule has 1 unspecified atom stereocenters. The van der Waals surface area contributed by atoms with Crippen LogP contribution in [-0.4, -0.2) is 36.1 Å². The lowest BCUT2D eigenvalue weighted by molar-refractivity contribution is -0.123. The van der Waals surface area contributed by atoms with Crippen LogP contribution in [0.25, 0.3) is 0 Å². The summed E-state index contributed by atoms with van der Waals surface area (Å²) in [6.45, 7) is 0.622. The van der Waals surface area contributed by atoms with Crippen LogP contribution >= 0.6 is 23.4 Å². The van der Waals surface area contributed by atoms with Gasteiger partial charge in [0.2, 0.25) is 0 Å². The number of benzene rings is 3. The maximum atomic E-state index is 14.5. The van der Waals surface area contributed by atoms with E-state index in [2.05, 4.69) is 0 Å². The van der Waals surface area contributed by atoms with E-state index in [1.165, 1.54) is 34.9 Å². The standard InChI is InChI=1S/C25H20ClFN2O3S/c1-32-18-6-4-5-16(13-18)15-28-22-10-9-17(26)14-20(22)25(24(28)31)29(11-12-33-25)23(30)19-7-2-3-8-21(19)27/h2-10,13-14H,11-12,15H2,1H3. The second-order valence-corrected chi connectivity index (χ2v) is 9.56. The monoisotopic (exact) mass is 482 g/mol. The summed E-state index contributed by atoms with van der Waals surface area (Å²) in [5.41, 5.74) is 2.17. The Morgan fingerprint density at radius 3 is 2.76 bits per heavy atom. The summed E-state index contributed by atoms with van der Waals surface area (Å²) in [4.78, 5) is 29.4. The zero-order valence-electron chi connectivity index (χ0n) is 17.8. The van der Waals surface area contributed by atoms with E-state index in [-0.39, 0.29) is 11.5 Å². The highest BCUT2D eigenvalue weighted by Gasteiger charge is 2.59. The lowest BCUT2D eigenvalue weighted by Crippen LogP contribution is -2.50. The quantitative estimate of drug-likeness (QED) is 0.520. The minimum Gasteiger partial charge on any atom is -0.497 e. The third-order valence-corrected chi connectivity index (χ3v) is 7.63. The molecule has 0 saturated carbocycles. The second kappa shape index (κ2) is 8.39. The van der Waals surface area contributed by atoms with Crippen molar-refractivity contribution in [3.8, 4) is 5.75 Å². The van der Waals surface area contributed by atoms with Crippen molar-refractivity contribution >= 4 is 40.9 Å². The van der Waals surface area contributed by atoms with Crippen LogP contribution in [0.4, 0.5) is 10.1 Å². The van der Waals surface area contributed by atoms with E-state index in [1.807, 2.05) is 24.3 Å². The van der Waals surface area contributed by atoms with Gasteiger partial charge in [0.15, 0.2) is 4.87 Å². The van der Waals surface area contributed by atoms with Crippen molar-refractivity contribution in [1.82, 2.24) is 4.90 Å². The maximum Gasteiger partial charge on any atom is 0.268 e. The Morgan fingerprint density at radius 2 is 1.97 bits per heavy atom. The van der Waals surface area contributed by atoms with E-state index in [0.717, 1.165) is 5.56 Å². The molecule has 2 amide bonds. The van der Waals surface area contributed by atoms with E-state index in [0.29, 0.717) is 40.9 Å². The summed E-state index contributed by atoms with van der Waals surface area (Å²) < 4.78 is 19.8. The highest BCUT2D eigenvalue weighted by Crippen LogP contribution is 2.55. The molecule has 1 atom stereocenters. The number of nitrogens with zero attached hydrogens (tertiary/aromatic N) is 2. The Labute approximate surface area is 200 Å². The van der Waals surface area contributed by atoms with Crippen LogP contribution in [-0.2, 0) is 16.2 Å². The van der Waals surface area contributed by atoms with Crippen molar-refractivity contribution in [2.75, 3.05) is 24.3 Å². The van der Waals surface area contributed by atoms with Gasteiger partial charge in [-0.05, 0) is 48.0 Å². The minimum atomic E-state index is -1.29. The summed E-state index contributed by atoms with van der Waals surface area (Å²) in [6.07, 6.45) is 0. The largest absolute Gasteiger partial charge is 0.497 e. The summed E-state index contributed by atoms with van der Waals surface area (Å²) in [6, 6.07) is 18.6. The van der Waals surface area contributed by atoms with Crippen molar-refractivity contribution in [2.45, 2.75) is 11.4 Å². The third kappa shape index (κ3) is 3.47. The molecular weight excluding hydrogens is 463 g/mol. The number of carbonyl (C=O) groups is 2. The molecule has 1 saturated heterocycles. The summed E-state index contributed by atoms with van der Waals surface area (Å²) in [5.74, 6) is -0.128. The van der Waals surface area contributed by atoms with Crippen LogP contribution in [0, 0.1) is 5.82 Å². The number of halogens is 2. The first kappa shape index (κ1) is 21.8. The molecule has 0 radical (unpaired) electrons. The van der Waals surface area contributed by atoms with Crippen LogP contribution in [0.3, 0.4) is 0 Å². The van der Waals surface area contributed by atoms with Crippen LogP contribution < -0.4 is 9.64 Å². The molecule has 0 bridgehead atoms. The molecule has 0 aromatic heterocycles. The smallest absolute Gasteiger partial charge is 0.268 e. The molecule has 0 N–H and O–H groups in total. The molecular formula is C25H20ClFN2O3S. The van der Waals surface area contributed by atoms with Crippen molar-refractivity contribution in [3.63, 3.8) is 0 Å². The second-order valence-electron chi connectivity index (χ2n) is 7.83. The first-order valence-electron chi connectivity index (χ1n) is 10.4. The number of rotatable bonds is 4. The first-order valence-corrected chi connectivity index (χ1v) is 11.8. The highest BCUT2D eigenvalue weighted by molar-refractivity contribution is 8.01. The van der Waals surface area contributed by atoms with Gasteiger partial charge in [-0.25, -0.2) is 4.39 Å². The molecule has 1 fully saturated rings. The van der Waals surface area contributed by atoms with E-state index in [9.17, 15) is 14.0 Å². The number of thioether (sulfide) groups is 1. The molecule has 0 aliphatic carbocycles. The van der Waals surface area contributed by atoms with Gasteiger partial charge in [0, 0.05) is 22.9 Å². The normalized spacial score (nSPS) is 19.3. The molecule has 2 aliphatic heterocycles. The average molecular weight is 483 g/mol. The molecule has 3 aromatic carbocycles. The SMILES string of the molecule is COc1cccc(CN2C(=O)C3(SCCN3C(=O)c3ccccc3F)c3cc(Cl)ccc32)c1. The van der Waals surface area contributed by atoms with Gasteiger partial charge in [-0.1, -0.05) is 35.9 Å². The van der Waals surface area contributed by atoms with E-state index >= 15 is 0 Å². The number of hydrogen-bond acceptors (Lipinski definition) is 4. The lowest BCUT2D eigenvalue weighted by atomic mass is 10.0.